The van der Waals surface area contributed by atoms with E-state index in [0.29, 0.717) is 28.7 Å². The lowest BCUT2D eigenvalue weighted by molar-refractivity contribution is -0.138. The zero-order chi connectivity index (χ0) is 27.3. The number of alkyl halides is 3. The molecule has 7 nitrogen and oxygen atoms in total. The van der Waals surface area contributed by atoms with Gasteiger partial charge < -0.3 is 20.2 Å². The van der Waals surface area contributed by atoms with Crippen LogP contribution >= 0.6 is 0 Å². The molecular weight excluding hydrogens is 499 g/mol. The number of anilines is 1. The van der Waals surface area contributed by atoms with Crippen LogP contribution in [0.25, 0.3) is 11.5 Å². The Morgan fingerprint density at radius 1 is 1.11 bits per heavy atom. The van der Waals surface area contributed by atoms with Crippen molar-refractivity contribution in [2.75, 3.05) is 11.9 Å². The van der Waals surface area contributed by atoms with Crippen molar-refractivity contribution in [3.8, 4) is 11.5 Å². The number of pyridine rings is 1. The second-order valence-electron chi connectivity index (χ2n) is 9.55. The van der Waals surface area contributed by atoms with Crippen LogP contribution < -0.4 is 10.6 Å². The van der Waals surface area contributed by atoms with E-state index in [0.717, 1.165) is 49.2 Å². The molecule has 1 amide bonds. The maximum absolute atomic E-state index is 12.9. The number of carbonyl (C=O) groups excluding carboxylic acids is 1. The Kier molecular flexibility index (Phi) is 8.38. The summed E-state index contributed by atoms with van der Waals surface area (Å²) in [5, 5.41) is 14.9. The van der Waals surface area contributed by atoms with Crippen LogP contribution in [0.1, 0.15) is 71.8 Å². The molecule has 1 atom stereocenters. The monoisotopic (exact) mass is 529 g/mol. The van der Waals surface area contributed by atoms with Crippen LogP contribution in [-0.2, 0) is 11.0 Å². The number of carboxylic acid groups (broad SMARTS) is 1. The quantitative estimate of drug-likeness (QED) is 0.288. The highest BCUT2D eigenvalue weighted by Gasteiger charge is 2.32. The number of aromatic nitrogens is 1. The SMILES string of the molecule is Cc1oc(-c2ccc(C(F)(F)F)cn2)cc1C(Nc1ccc(C(=O)NCCC(=O)O)cc1)C1CCCCC1. The molecule has 1 aliphatic rings. The topological polar surface area (TPSA) is 104 Å². The summed E-state index contributed by atoms with van der Waals surface area (Å²) < 4.78 is 44.8. The molecule has 10 heteroatoms. The Hall–Kier alpha value is -3.82. The molecular formula is C28H30F3N3O4. The molecule has 3 aromatic rings. The van der Waals surface area contributed by atoms with Crippen LogP contribution in [0.3, 0.4) is 0 Å². The lowest BCUT2D eigenvalue weighted by Crippen LogP contribution is -2.26. The first-order valence-corrected chi connectivity index (χ1v) is 12.6. The van der Waals surface area contributed by atoms with Crippen LogP contribution in [0.15, 0.2) is 53.1 Å². The fraction of sp³-hybridized carbons (Fsp3) is 0.393. The molecule has 0 radical (unpaired) electrons. The van der Waals surface area contributed by atoms with Gasteiger partial charge in [0.05, 0.1) is 18.0 Å². The largest absolute Gasteiger partial charge is 0.481 e. The number of aliphatic carboxylic acids is 1. The van der Waals surface area contributed by atoms with Gasteiger partial charge in [-0.25, -0.2) is 0 Å². The van der Waals surface area contributed by atoms with Crippen molar-refractivity contribution in [2.24, 2.45) is 5.92 Å². The maximum atomic E-state index is 12.9. The van der Waals surface area contributed by atoms with Crippen LogP contribution in [0.5, 0.6) is 0 Å². The Labute approximate surface area is 218 Å². The number of aryl methyl sites for hydroxylation is 1. The first-order chi connectivity index (χ1) is 18.1. The zero-order valence-corrected chi connectivity index (χ0v) is 21.0. The summed E-state index contributed by atoms with van der Waals surface area (Å²) in [6, 6.07) is 11.0. The molecule has 0 spiro atoms. The van der Waals surface area contributed by atoms with E-state index in [4.69, 9.17) is 9.52 Å². The molecule has 1 aliphatic carbocycles. The van der Waals surface area contributed by atoms with Gasteiger partial charge in [0.1, 0.15) is 11.5 Å². The summed E-state index contributed by atoms with van der Waals surface area (Å²) in [7, 11) is 0. The molecule has 1 aromatic carbocycles. The Bertz CT molecular complexity index is 1250. The van der Waals surface area contributed by atoms with E-state index in [1.54, 1.807) is 24.3 Å². The van der Waals surface area contributed by atoms with Gasteiger partial charge in [-0.2, -0.15) is 13.2 Å². The Balaban J connectivity index is 1.54. The lowest BCUT2D eigenvalue weighted by Gasteiger charge is -2.31. The predicted octanol–water partition coefficient (Wildman–Crippen LogP) is 6.61. The van der Waals surface area contributed by atoms with Crippen molar-refractivity contribution in [1.29, 1.82) is 0 Å². The summed E-state index contributed by atoms with van der Waals surface area (Å²) in [4.78, 5) is 26.9. The van der Waals surface area contributed by atoms with Gasteiger partial charge in [-0.1, -0.05) is 19.3 Å². The van der Waals surface area contributed by atoms with E-state index in [1.165, 1.54) is 12.5 Å². The second kappa shape index (κ2) is 11.7. The third-order valence-electron chi connectivity index (χ3n) is 6.85. The third-order valence-corrected chi connectivity index (χ3v) is 6.85. The number of nitrogens with one attached hydrogen (secondary N) is 2. The number of hydrogen-bond donors (Lipinski definition) is 3. The van der Waals surface area contributed by atoms with Gasteiger partial charge in [-0.05, 0) is 68.1 Å². The fourth-order valence-electron chi connectivity index (χ4n) is 4.84. The Morgan fingerprint density at radius 3 is 2.42 bits per heavy atom. The normalized spacial score (nSPS) is 15.2. The highest BCUT2D eigenvalue weighted by molar-refractivity contribution is 5.94. The van der Waals surface area contributed by atoms with Gasteiger partial charge in [-0.15, -0.1) is 0 Å². The molecule has 1 saturated carbocycles. The molecule has 2 heterocycles. The van der Waals surface area contributed by atoms with Gasteiger partial charge in [-0.3, -0.25) is 14.6 Å². The van der Waals surface area contributed by atoms with E-state index in [9.17, 15) is 22.8 Å². The van der Waals surface area contributed by atoms with E-state index in [-0.39, 0.29) is 24.9 Å². The number of halogens is 3. The van der Waals surface area contributed by atoms with Gasteiger partial charge in [0.2, 0.25) is 0 Å². The van der Waals surface area contributed by atoms with Gasteiger partial charge in [0.25, 0.3) is 5.91 Å². The van der Waals surface area contributed by atoms with E-state index >= 15 is 0 Å². The number of benzene rings is 1. The number of carbonyl (C=O) groups is 2. The van der Waals surface area contributed by atoms with Crippen LogP contribution in [0, 0.1) is 12.8 Å². The van der Waals surface area contributed by atoms with Gasteiger partial charge >= 0.3 is 12.1 Å². The van der Waals surface area contributed by atoms with Gasteiger partial charge in [0.15, 0.2) is 5.76 Å². The molecule has 1 unspecified atom stereocenters. The van der Waals surface area contributed by atoms with Crippen molar-refractivity contribution in [1.82, 2.24) is 10.3 Å². The van der Waals surface area contributed by atoms with Crippen molar-refractivity contribution in [3.63, 3.8) is 0 Å². The smallest absolute Gasteiger partial charge is 0.417 e. The summed E-state index contributed by atoms with van der Waals surface area (Å²) in [6.07, 6.45) is 1.66. The summed E-state index contributed by atoms with van der Waals surface area (Å²) in [5.74, 6) is 0.0697. The standard InChI is InChI=1S/C28H30F3N3O4/c1-17-22(15-24(38-17)23-12-9-20(16-33-23)28(29,30)31)26(18-5-3-2-4-6-18)34-21-10-7-19(8-11-21)27(37)32-14-13-25(35)36/h7-12,15-16,18,26,34H,2-6,13-14H2,1H3,(H,32,37)(H,35,36). The van der Waals surface area contributed by atoms with Crippen LogP contribution in [0.4, 0.5) is 18.9 Å². The summed E-state index contributed by atoms with van der Waals surface area (Å²) in [6.45, 7) is 1.89. The predicted molar refractivity (Wildman–Crippen MR) is 136 cm³/mol. The first kappa shape index (κ1) is 27.2. The first-order valence-electron chi connectivity index (χ1n) is 12.6. The third kappa shape index (κ3) is 6.73. The molecule has 38 heavy (non-hydrogen) atoms. The molecule has 3 N–H and O–H groups in total. The molecule has 4 rings (SSSR count). The minimum absolute atomic E-state index is 0.0494. The van der Waals surface area contributed by atoms with Gasteiger partial charge in [0, 0.05) is 29.6 Å². The molecule has 202 valence electrons. The molecule has 0 saturated heterocycles. The minimum Gasteiger partial charge on any atom is -0.481 e. The number of nitrogens with zero attached hydrogens (tertiary/aromatic N) is 1. The second-order valence-corrected chi connectivity index (χ2v) is 9.55. The molecule has 2 aromatic heterocycles. The lowest BCUT2D eigenvalue weighted by atomic mass is 9.81. The van der Waals surface area contributed by atoms with Crippen molar-refractivity contribution in [2.45, 2.75) is 57.7 Å². The average Bonchev–Trinajstić information content (AvgIpc) is 3.28. The van der Waals surface area contributed by atoms with E-state index < -0.39 is 17.7 Å². The van der Waals surface area contributed by atoms with Crippen LogP contribution in [-0.4, -0.2) is 28.5 Å². The number of amides is 1. The van der Waals surface area contributed by atoms with Crippen molar-refractivity contribution in [3.05, 3.63) is 71.1 Å². The van der Waals surface area contributed by atoms with E-state index in [1.807, 2.05) is 13.0 Å². The molecule has 0 aliphatic heterocycles. The fourth-order valence-corrected chi connectivity index (χ4v) is 4.84. The van der Waals surface area contributed by atoms with Crippen LogP contribution in [0.2, 0.25) is 0 Å². The summed E-state index contributed by atoms with van der Waals surface area (Å²) >= 11 is 0. The number of rotatable bonds is 9. The minimum atomic E-state index is -4.46. The highest BCUT2D eigenvalue weighted by Crippen LogP contribution is 2.40. The summed E-state index contributed by atoms with van der Waals surface area (Å²) in [5.41, 5.74) is 1.66. The number of furan rings is 1. The van der Waals surface area contributed by atoms with Crippen molar-refractivity contribution < 1.29 is 32.3 Å². The average molecular weight is 530 g/mol. The van der Waals surface area contributed by atoms with E-state index in [2.05, 4.69) is 15.6 Å². The number of hydrogen-bond acceptors (Lipinski definition) is 5. The molecule has 1 fully saturated rings. The van der Waals surface area contributed by atoms with Crippen molar-refractivity contribution >= 4 is 17.6 Å². The highest BCUT2D eigenvalue weighted by atomic mass is 19.4. The number of carboxylic acids is 1. The zero-order valence-electron chi connectivity index (χ0n) is 21.0. The Morgan fingerprint density at radius 2 is 1.82 bits per heavy atom. The maximum Gasteiger partial charge on any atom is 0.417 e. The molecule has 0 bridgehead atoms.